The van der Waals surface area contributed by atoms with Gasteiger partial charge in [-0.05, 0) is 35.9 Å². The van der Waals surface area contributed by atoms with Crippen LogP contribution in [-0.4, -0.2) is 70.1 Å². The molecule has 1 aromatic carbocycles. The lowest BCUT2D eigenvalue weighted by atomic mass is 10.1. The van der Waals surface area contributed by atoms with Crippen molar-refractivity contribution in [2.75, 3.05) is 49.2 Å². The lowest BCUT2D eigenvalue weighted by molar-refractivity contribution is -0.0715. The zero-order valence-corrected chi connectivity index (χ0v) is 17.9. The van der Waals surface area contributed by atoms with Crippen molar-refractivity contribution in [3.8, 4) is 5.69 Å². The highest BCUT2D eigenvalue weighted by Gasteiger charge is 2.33. The van der Waals surface area contributed by atoms with Crippen molar-refractivity contribution in [1.29, 1.82) is 0 Å². The minimum absolute atomic E-state index is 0.417. The van der Waals surface area contributed by atoms with E-state index < -0.39 is 0 Å². The third kappa shape index (κ3) is 3.44. The number of hydrogen-bond acceptors (Lipinski definition) is 7. The summed E-state index contributed by atoms with van der Waals surface area (Å²) in [7, 11) is 0. The van der Waals surface area contributed by atoms with E-state index in [9.17, 15) is 0 Å². The smallest absolute Gasteiger partial charge is 0.232 e. The van der Waals surface area contributed by atoms with E-state index in [2.05, 4.69) is 52.6 Å². The Morgan fingerprint density at radius 3 is 2.52 bits per heavy atom. The number of halogens is 1. The first-order valence-corrected chi connectivity index (χ1v) is 11.1. The van der Waals surface area contributed by atoms with Crippen LogP contribution >= 0.6 is 11.6 Å². The van der Waals surface area contributed by atoms with Crippen LogP contribution in [0.15, 0.2) is 42.6 Å². The highest BCUT2D eigenvalue weighted by molar-refractivity contribution is 6.30. The maximum absolute atomic E-state index is 6.36. The summed E-state index contributed by atoms with van der Waals surface area (Å²) in [6.45, 7) is 6.67. The van der Waals surface area contributed by atoms with Gasteiger partial charge in [-0.3, -0.25) is 9.47 Å². The van der Waals surface area contributed by atoms with E-state index >= 15 is 0 Å². The van der Waals surface area contributed by atoms with Crippen LogP contribution in [0, 0.1) is 0 Å². The predicted octanol–water partition coefficient (Wildman–Crippen LogP) is 2.36. The van der Waals surface area contributed by atoms with E-state index in [1.807, 2.05) is 24.4 Å². The molecule has 0 amide bonds. The Balaban J connectivity index is 1.31. The molecule has 0 aliphatic carbocycles. The molecule has 0 saturated carbocycles. The fourth-order valence-electron chi connectivity index (χ4n) is 4.58. The summed E-state index contributed by atoms with van der Waals surface area (Å²) in [4.78, 5) is 11.6. The van der Waals surface area contributed by atoms with Gasteiger partial charge in [-0.1, -0.05) is 17.7 Å². The summed E-state index contributed by atoms with van der Waals surface area (Å²) in [5, 5.41) is 10.0. The van der Waals surface area contributed by atoms with Crippen LogP contribution in [0.1, 0.15) is 11.4 Å². The molecule has 2 aromatic heterocycles. The standard InChI is InChI=1S/C22H24ClN7O/c23-17-4-5-19-16(11-17)12-29(18-14-31-15-18)13-21-25-26-22(30(19)21)28-9-7-27(8-10-28)20-3-1-2-6-24-20/h1-6,11,18H,7-10,12-15H2. The van der Waals surface area contributed by atoms with Crippen molar-refractivity contribution in [2.45, 2.75) is 19.1 Å². The normalized spacial score (nSPS) is 19.5. The Bertz CT molecular complexity index is 1080. The molecule has 31 heavy (non-hydrogen) atoms. The lowest BCUT2D eigenvalue weighted by Gasteiger charge is -2.36. The first-order chi connectivity index (χ1) is 15.3. The van der Waals surface area contributed by atoms with Gasteiger partial charge in [0.05, 0.1) is 31.5 Å². The van der Waals surface area contributed by atoms with Crippen LogP contribution in [-0.2, 0) is 17.8 Å². The van der Waals surface area contributed by atoms with Crippen molar-refractivity contribution in [3.63, 3.8) is 0 Å². The van der Waals surface area contributed by atoms with Gasteiger partial charge < -0.3 is 14.5 Å². The van der Waals surface area contributed by atoms with Gasteiger partial charge in [0.15, 0.2) is 5.82 Å². The SMILES string of the molecule is Clc1ccc2c(c1)CN(C1COC1)Cc1nnc(N3CCN(c4ccccn4)CC3)n1-2. The Morgan fingerprint density at radius 1 is 0.935 bits per heavy atom. The molecule has 0 bridgehead atoms. The molecule has 0 spiro atoms. The second-order valence-electron chi connectivity index (χ2n) is 8.28. The van der Waals surface area contributed by atoms with Crippen molar-refractivity contribution >= 4 is 23.4 Å². The number of fused-ring (bicyclic) bond motifs is 3. The number of pyridine rings is 1. The number of anilines is 2. The molecule has 160 valence electrons. The molecule has 0 N–H and O–H groups in total. The summed E-state index contributed by atoms with van der Waals surface area (Å²) < 4.78 is 7.67. The summed E-state index contributed by atoms with van der Waals surface area (Å²) in [6, 6.07) is 12.6. The van der Waals surface area contributed by atoms with Crippen molar-refractivity contribution < 1.29 is 4.74 Å². The number of piperazine rings is 1. The topological polar surface area (TPSA) is 62.6 Å². The van der Waals surface area contributed by atoms with Gasteiger partial charge in [-0.2, -0.15) is 0 Å². The molecule has 6 rings (SSSR count). The fraction of sp³-hybridized carbons (Fsp3) is 0.409. The van der Waals surface area contributed by atoms with Gasteiger partial charge in [0.1, 0.15) is 5.82 Å². The van der Waals surface area contributed by atoms with E-state index in [4.69, 9.17) is 16.3 Å². The quantitative estimate of drug-likeness (QED) is 0.623. The van der Waals surface area contributed by atoms with Crippen LogP contribution in [0.2, 0.25) is 5.02 Å². The average Bonchev–Trinajstić information content (AvgIpc) is 3.10. The molecular weight excluding hydrogens is 414 g/mol. The second kappa shape index (κ2) is 7.78. The third-order valence-electron chi connectivity index (χ3n) is 6.39. The maximum atomic E-state index is 6.36. The fourth-order valence-corrected chi connectivity index (χ4v) is 4.78. The molecule has 2 saturated heterocycles. The number of nitrogens with zero attached hydrogens (tertiary/aromatic N) is 7. The monoisotopic (exact) mass is 437 g/mol. The van der Waals surface area contributed by atoms with Crippen LogP contribution in [0.3, 0.4) is 0 Å². The lowest BCUT2D eigenvalue weighted by Crippen LogP contribution is -2.48. The molecule has 2 fully saturated rings. The van der Waals surface area contributed by atoms with Gasteiger partial charge in [0.25, 0.3) is 0 Å². The molecule has 3 aromatic rings. The number of hydrogen-bond donors (Lipinski definition) is 0. The first-order valence-electron chi connectivity index (χ1n) is 10.7. The molecule has 5 heterocycles. The van der Waals surface area contributed by atoms with Gasteiger partial charge >= 0.3 is 0 Å². The average molecular weight is 438 g/mol. The molecule has 8 nitrogen and oxygen atoms in total. The summed E-state index contributed by atoms with van der Waals surface area (Å²) in [6.07, 6.45) is 1.85. The minimum atomic E-state index is 0.417. The van der Waals surface area contributed by atoms with E-state index in [1.165, 1.54) is 5.56 Å². The number of aromatic nitrogens is 4. The zero-order chi connectivity index (χ0) is 20.8. The van der Waals surface area contributed by atoms with Gasteiger partial charge in [0, 0.05) is 43.9 Å². The zero-order valence-electron chi connectivity index (χ0n) is 17.2. The molecule has 0 atom stereocenters. The van der Waals surface area contributed by atoms with E-state index in [1.54, 1.807) is 0 Å². The summed E-state index contributed by atoms with van der Waals surface area (Å²) in [5.74, 6) is 2.90. The number of rotatable bonds is 3. The van der Waals surface area contributed by atoms with Crippen LogP contribution in [0.4, 0.5) is 11.8 Å². The molecule has 3 aliphatic heterocycles. The highest BCUT2D eigenvalue weighted by atomic mass is 35.5. The summed E-state index contributed by atoms with van der Waals surface area (Å²) in [5.41, 5.74) is 2.32. The van der Waals surface area contributed by atoms with Crippen molar-refractivity contribution in [2.24, 2.45) is 0 Å². The number of benzene rings is 1. The summed E-state index contributed by atoms with van der Waals surface area (Å²) >= 11 is 6.36. The number of ether oxygens (including phenoxy) is 1. The molecule has 0 unspecified atom stereocenters. The highest BCUT2D eigenvalue weighted by Crippen LogP contribution is 2.32. The van der Waals surface area contributed by atoms with Gasteiger partial charge in [-0.15, -0.1) is 10.2 Å². The maximum Gasteiger partial charge on any atom is 0.232 e. The van der Waals surface area contributed by atoms with E-state index in [0.717, 1.165) is 80.8 Å². The Kier molecular flexibility index (Phi) is 4.78. The molecule has 9 heteroatoms. The van der Waals surface area contributed by atoms with Crippen molar-refractivity contribution in [1.82, 2.24) is 24.6 Å². The van der Waals surface area contributed by atoms with E-state index in [0.29, 0.717) is 6.04 Å². The molecular formula is C22H24ClN7O. The van der Waals surface area contributed by atoms with Crippen LogP contribution in [0.5, 0.6) is 0 Å². The van der Waals surface area contributed by atoms with Crippen molar-refractivity contribution in [3.05, 3.63) is 59.0 Å². The second-order valence-corrected chi connectivity index (χ2v) is 8.72. The van der Waals surface area contributed by atoms with Crippen LogP contribution < -0.4 is 9.80 Å². The Morgan fingerprint density at radius 2 is 1.77 bits per heavy atom. The van der Waals surface area contributed by atoms with E-state index in [-0.39, 0.29) is 0 Å². The van der Waals surface area contributed by atoms with Crippen LogP contribution in [0.25, 0.3) is 5.69 Å². The molecule has 3 aliphatic rings. The van der Waals surface area contributed by atoms with Gasteiger partial charge in [0.2, 0.25) is 5.95 Å². The van der Waals surface area contributed by atoms with Gasteiger partial charge in [-0.25, -0.2) is 4.98 Å². The Hall–Kier alpha value is -2.68. The molecule has 0 radical (unpaired) electrons. The Labute approximate surface area is 186 Å². The first kappa shape index (κ1) is 19.0. The largest absolute Gasteiger partial charge is 0.378 e. The third-order valence-corrected chi connectivity index (χ3v) is 6.62. The minimum Gasteiger partial charge on any atom is -0.378 e. The predicted molar refractivity (Wildman–Crippen MR) is 119 cm³/mol.